The summed E-state index contributed by atoms with van der Waals surface area (Å²) in [6.45, 7) is 6.47. The number of carbonyl (C=O) groups excluding carboxylic acids is 1. The summed E-state index contributed by atoms with van der Waals surface area (Å²) < 4.78 is 12.9. The zero-order valence-electron chi connectivity index (χ0n) is 19.8. The molecule has 7 nitrogen and oxygen atoms in total. The third-order valence-electron chi connectivity index (χ3n) is 5.80. The summed E-state index contributed by atoms with van der Waals surface area (Å²) >= 11 is 1.35. The molecule has 35 heavy (non-hydrogen) atoms. The average Bonchev–Trinajstić information content (AvgIpc) is 3.51. The summed E-state index contributed by atoms with van der Waals surface area (Å²) in [5.41, 5.74) is 4.82. The number of rotatable bonds is 7. The molecule has 1 aliphatic heterocycles. The smallest absolute Gasteiger partial charge is 0.234 e. The van der Waals surface area contributed by atoms with Crippen molar-refractivity contribution in [2.75, 3.05) is 17.9 Å². The molecule has 0 atom stereocenters. The maximum atomic E-state index is 12.9. The van der Waals surface area contributed by atoms with Crippen molar-refractivity contribution in [1.82, 2.24) is 14.8 Å². The van der Waals surface area contributed by atoms with E-state index in [1.54, 1.807) is 0 Å². The van der Waals surface area contributed by atoms with E-state index in [-0.39, 0.29) is 18.5 Å². The van der Waals surface area contributed by atoms with E-state index in [4.69, 9.17) is 9.47 Å². The maximum absolute atomic E-state index is 12.9. The summed E-state index contributed by atoms with van der Waals surface area (Å²) in [6, 6.07) is 21.7. The Morgan fingerprint density at radius 2 is 1.83 bits per heavy atom. The van der Waals surface area contributed by atoms with Gasteiger partial charge in [-0.05, 0) is 54.3 Å². The molecule has 3 aromatic carbocycles. The number of benzene rings is 3. The molecule has 0 fully saturated rings. The van der Waals surface area contributed by atoms with Crippen LogP contribution in [0.25, 0.3) is 17.1 Å². The Balaban J connectivity index is 1.42. The van der Waals surface area contributed by atoms with Crippen molar-refractivity contribution in [1.29, 1.82) is 0 Å². The quantitative estimate of drug-likeness (QED) is 0.331. The number of anilines is 1. The minimum Gasteiger partial charge on any atom is -0.454 e. The third kappa shape index (κ3) is 4.74. The highest BCUT2D eigenvalue weighted by Gasteiger charge is 2.21. The average molecular weight is 487 g/mol. The molecule has 0 bridgehead atoms. The molecule has 0 aliphatic carbocycles. The molecule has 178 valence electrons. The lowest BCUT2D eigenvalue weighted by atomic mass is 9.98. The lowest BCUT2D eigenvalue weighted by Crippen LogP contribution is -2.17. The standard InChI is InChI=1S/C27H26N4O3S/c1-17(2)21-11-7-8-18(3)25(21)28-24(32)15-35-27-30-29-26(31(27)20-9-5-4-6-10-20)19-12-13-22-23(14-19)34-16-33-22/h4-14,17H,15-16H2,1-3H3,(H,28,32). The van der Waals surface area contributed by atoms with Gasteiger partial charge in [-0.2, -0.15) is 0 Å². The first-order chi connectivity index (χ1) is 17.0. The Hall–Kier alpha value is -3.78. The van der Waals surface area contributed by atoms with Gasteiger partial charge in [-0.25, -0.2) is 0 Å². The molecule has 1 aromatic heterocycles. The van der Waals surface area contributed by atoms with Gasteiger partial charge in [-0.15, -0.1) is 10.2 Å². The van der Waals surface area contributed by atoms with Crippen LogP contribution in [0.15, 0.2) is 71.9 Å². The van der Waals surface area contributed by atoms with Gasteiger partial charge in [0.05, 0.1) is 5.75 Å². The van der Waals surface area contributed by atoms with E-state index in [0.717, 1.165) is 28.1 Å². The number of carbonyl (C=O) groups is 1. The predicted molar refractivity (Wildman–Crippen MR) is 138 cm³/mol. The summed E-state index contributed by atoms with van der Waals surface area (Å²) in [6.07, 6.45) is 0. The van der Waals surface area contributed by atoms with Gasteiger partial charge in [0.25, 0.3) is 0 Å². The second-order valence-corrected chi connectivity index (χ2v) is 9.52. The van der Waals surface area contributed by atoms with Crippen LogP contribution in [0.2, 0.25) is 0 Å². The van der Waals surface area contributed by atoms with Crippen molar-refractivity contribution < 1.29 is 14.3 Å². The monoisotopic (exact) mass is 486 g/mol. The maximum Gasteiger partial charge on any atom is 0.234 e. The lowest BCUT2D eigenvalue weighted by molar-refractivity contribution is -0.113. The third-order valence-corrected chi connectivity index (χ3v) is 6.73. The topological polar surface area (TPSA) is 78.3 Å². The van der Waals surface area contributed by atoms with Crippen LogP contribution in [0, 0.1) is 6.92 Å². The number of fused-ring (bicyclic) bond motifs is 1. The van der Waals surface area contributed by atoms with Crippen molar-refractivity contribution in [2.24, 2.45) is 0 Å². The van der Waals surface area contributed by atoms with E-state index in [0.29, 0.717) is 28.4 Å². The Labute approximate surface area is 208 Å². The number of nitrogens with zero attached hydrogens (tertiary/aromatic N) is 3. The second-order valence-electron chi connectivity index (χ2n) is 8.58. The molecular weight excluding hydrogens is 460 g/mol. The number of thioether (sulfide) groups is 1. The summed E-state index contributed by atoms with van der Waals surface area (Å²) in [4.78, 5) is 12.9. The molecule has 0 saturated carbocycles. The van der Waals surface area contributed by atoms with Crippen LogP contribution >= 0.6 is 11.8 Å². The van der Waals surface area contributed by atoms with Crippen LogP contribution in [-0.2, 0) is 4.79 Å². The fraction of sp³-hybridized carbons (Fsp3) is 0.222. The number of amides is 1. The molecule has 0 radical (unpaired) electrons. The van der Waals surface area contributed by atoms with E-state index in [9.17, 15) is 4.79 Å². The van der Waals surface area contributed by atoms with Gasteiger partial charge in [0.2, 0.25) is 12.7 Å². The Bertz CT molecular complexity index is 1370. The van der Waals surface area contributed by atoms with Gasteiger partial charge in [0, 0.05) is 16.9 Å². The Morgan fingerprint density at radius 3 is 2.63 bits per heavy atom. The van der Waals surface area contributed by atoms with E-state index in [1.165, 1.54) is 11.8 Å². The van der Waals surface area contributed by atoms with Crippen molar-refractivity contribution in [3.05, 3.63) is 77.9 Å². The SMILES string of the molecule is Cc1cccc(C(C)C)c1NC(=O)CSc1nnc(-c2ccc3c(c2)OCO3)n1-c1ccccc1. The van der Waals surface area contributed by atoms with E-state index >= 15 is 0 Å². The highest BCUT2D eigenvalue weighted by molar-refractivity contribution is 7.99. The van der Waals surface area contributed by atoms with Gasteiger partial charge in [0.15, 0.2) is 22.5 Å². The summed E-state index contributed by atoms with van der Waals surface area (Å²) in [7, 11) is 0. The van der Waals surface area contributed by atoms with Crippen LogP contribution in [-0.4, -0.2) is 33.2 Å². The number of aryl methyl sites for hydroxylation is 1. The number of ether oxygens (including phenoxy) is 2. The highest BCUT2D eigenvalue weighted by atomic mass is 32.2. The van der Waals surface area contributed by atoms with Crippen LogP contribution in [0.1, 0.15) is 30.9 Å². The molecule has 5 rings (SSSR count). The Kier molecular flexibility index (Phi) is 6.46. The zero-order chi connectivity index (χ0) is 24.4. The van der Waals surface area contributed by atoms with Gasteiger partial charge in [0.1, 0.15) is 0 Å². The first-order valence-corrected chi connectivity index (χ1v) is 12.4. The number of para-hydroxylation sites is 2. The van der Waals surface area contributed by atoms with E-state index < -0.39 is 0 Å². The fourth-order valence-corrected chi connectivity index (χ4v) is 4.80. The number of hydrogen-bond acceptors (Lipinski definition) is 6. The number of nitrogens with one attached hydrogen (secondary N) is 1. The second kappa shape index (κ2) is 9.84. The number of aromatic nitrogens is 3. The predicted octanol–water partition coefficient (Wildman–Crippen LogP) is 5.83. The van der Waals surface area contributed by atoms with Gasteiger partial charge in [-0.3, -0.25) is 9.36 Å². The minimum atomic E-state index is -0.0848. The van der Waals surface area contributed by atoms with Crippen molar-refractivity contribution in [3.63, 3.8) is 0 Å². The van der Waals surface area contributed by atoms with Gasteiger partial charge in [-0.1, -0.05) is 62.0 Å². The molecule has 1 aliphatic rings. The molecule has 8 heteroatoms. The largest absolute Gasteiger partial charge is 0.454 e. The molecule has 1 N–H and O–H groups in total. The Morgan fingerprint density at radius 1 is 1.03 bits per heavy atom. The van der Waals surface area contributed by atoms with Crippen molar-refractivity contribution in [2.45, 2.75) is 31.8 Å². The molecule has 1 amide bonds. The molecule has 0 saturated heterocycles. The number of hydrogen-bond donors (Lipinski definition) is 1. The van der Waals surface area contributed by atoms with Crippen molar-refractivity contribution >= 4 is 23.4 Å². The van der Waals surface area contributed by atoms with Crippen LogP contribution in [0.3, 0.4) is 0 Å². The molecule has 0 unspecified atom stereocenters. The molecule has 0 spiro atoms. The van der Waals surface area contributed by atoms with Crippen LogP contribution in [0.5, 0.6) is 11.5 Å². The van der Waals surface area contributed by atoms with Crippen LogP contribution < -0.4 is 14.8 Å². The molecule has 4 aromatic rings. The molecule has 2 heterocycles. The van der Waals surface area contributed by atoms with E-state index in [2.05, 4.69) is 35.4 Å². The first-order valence-electron chi connectivity index (χ1n) is 11.4. The summed E-state index contributed by atoms with van der Waals surface area (Å²) in [5, 5.41) is 12.6. The first kappa shape index (κ1) is 23.0. The van der Waals surface area contributed by atoms with Crippen LogP contribution in [0.4, 0.5) is 5.69 Å². The highest BCUT2D eigenvalue weighted by Crippen LogP contribution is 2.37. The van der Waals surface area contributed by atoms with Gasteiger partial charge < -0.3 is 14.8 Å². The zero-order valence-corrected chi connectivity index (χ0v) is 20.6. The van der Waals surface area contributed by atoms with Crippen molar-refractivity contribution in [3.8, 4) is 28.6 Å². The normalized spacial score (nSPS) is 12.2. The fourth-order valence-electron chi connectivity index (χ4n) is 4.04. The lowest BCUT2D eigenvalue weighted by Gasteiger charge is -2.16. The minimum absolute atomic E-state index is 0.0848. The van der Waals surface area contributed by atoms with E-state index in [1.807, 2.05) is 72.2 Å². The van der Waals surface area contributed by atoms with Gasteiger partial charge >= 0.3 is 0 Å². The summed E-state index contributed by atoms with van der Waals surface area (Å²) in [5.74, 6) is 2.48. The molecular formula is C27H26N4O3S.